The van der Waals surface area contributed by atoms with Crippen LogP contribution in [0.3, 0.4) is 0 Å². The number of oxazole rings is 1. The van der Waals surface area contributed by atoms with Gasteiger partial charge in [0.1, 0.15) is 33.4 Å². The Morgan fingerprint density at radius 2 is 1.00 bits per heavy atom. The van der Waals surface area contributed by atoms with Crippen LogP contribution in [0.5, 0.6) is 0 Å². The number of hydrogen-bond donors (Lipinski definition) is 0. The lowest BCUT2D eigenvalue weighted by Gasteiger charge is -2.25. The summed E-state index contributed by atoms with van der Waals surface area (Å²) >= 11 is 0. The van der Waals surface area contributed by atoms with Crippen molar-refractivity contribution in [3.8, 4) is 11.5 Å². The highest BCUT2D eigenvalue weighted by atomic mass is 16.4. The molecule has 4 aromatic heterocycles. The van der Waals surface area contributed by atoms with E-state index in [1.165, 1.54) is 0 Å². The zero-order chi connectivity index (χ0) is 32.1. The van der Waals surface area contributed by atoms with Crippen molar-refractivity contribution in [1.29, 1.82) is 0 Å². The fourth-order valence-corrected chi connectivity index (χ4v) is 7.26. The molecule has 0 aliphatic heterocycles. The molecule has 4 heterocycles. The smallest absolute Gasteiger partial charge is 0.227 e. The predicted octanol–water partition coefficient (Wildman–Crippen LogP) is 12.7. The second-order valence-electron chi connectivity index (χ2n) is 12.3. The molecule has 11 aromatic rings. The van der Waals surface area contributed by atoms with Crippen LogP contribution in [0.25, 0.3) is 88.4 Å². The molecule has 0 amide bonds. The fraction of sp³-hybridized carbons (Fsp3) is 0. The summed E-state index contributed by atoms with van der Waals surface area (Å²) in [6.45, 7) is 0. The van der Waals surface area contributed by atoms with Crippen molar-refractivity contribution in [3.63, 3.8) is 0 Å². The van der Waals surface area contributed by atoms with Gasteiger partial charge in [-0.05, 0) is 60.7 Å². The first-order chi connectivity index (χ1) is 24.3. The number of fused-ring (bicyclic) bond motifs is 11. The second-order valence-corrected chi connectivity index (χ2v) is 12.3. The van der Waals surface area contributed by atoms with Gasteiger partial charge in [-0.15, -0.1) is 0 Å². The van der Waals surface area contributed by atoms with E-state index in [0.29, 0.717) is 17.1 Å². The fourth-order valence-electron chi connectivity index (χ4n) is 7.26. The zero-order valence-corrected chi connectivity index (χ0v) is 25.9. The normalized spacial score (nSPS) is 12.1. The zero-order valence-electron chi connectivity index (χ0n) is 25.9. The maximum atomic E-state index is 6.74. The Kier molecular flexibility index (Phi) is 5.29. The van der Waals surface area contributed by atoms with Crippen molar-refractivity contribution in [2.24, 2.45) is 0 Å². The Labute approximate surface area is 278 Å². The van der Waals surface area contributed by atoms with Crippen molar-refractivity contribution in [3.05, 3.63) is 146 Å². The Morgan fingerprint density at radius 3 is 1.80 bits per heavy atom. The molecule has 0 radical (unpaired) electrons. The van der Waals surface area contributed by atoms with Gasteiger partial charge in [0.05, 0.1) is 16.8 Å². The third kappa shape index (κ3) is 3.85. The molecule has 0 atom stereocenters. The molecular formula is C43H24N2O4. The Balaban J connectivity index is 1.24. The average Bonchev–Trinajstić information content (AvgIpc) is 3.93. The summed E-state index contributed by atoms with van der Waals surface area (Å²) in [5.74, 6) is 0.556. The van der Waals surface area contributed by atoms with Crippen molar-refractivity contribution < 1.29 is 17.7 Å². The van der Waals surface area contributed by atoms with Crippen LogP contribution in [0, 0.1) is 0 Å². The predicted molar refractivity (Wildman–Crippen MR) is 196 cm³/mol. The third-order valence-corrected chi connectivity index (χ3v) is 9.49. The quantitative estimate of drug-likeness (QED) is 0.192. The molecule has 0 saturated heterocycles. The van der Waals surface area contributed by atoms with Gasteiger partial charge in [0, 0.05) is 50.3 Å². The molecule has 0 saturated carbocycles. The van der Waals surface area contributed by atoms with E-state index in [1.54, 1.807) is 0 Å². The molecule has 0 aliphatic rings. The van der Waals surface area contributed by atoms with Gasteiger partial charge in [0.15, 0.2) is 11.2 Å². The molecule has 0 spiro atoms. The van der Waals surface area contributed by atoms with E-state index >= 15 is 0 Å². The molecule has 11 rings (SSSR count). The van der Waals surface area contributed by atoms with Crippen LogP contribution in [0.4, 0.5) is 17.1 Å². The SMILES string of the molecule is c1ccc(-c2nc3c(cc(N(c4ccc5c(c4)oc4ccccc45)c4ccc5oc6ccccc6c5c4)c4oc5ccccc5c43)o2)cc1. The van der Waals surface area contributed by atoms with Gasteiger partial charge in [-0.2, -0.15) is 0 Å². The van der Waals surface area contributed by atoms with E-state index in [0.717, 1.165) is 88.4 Å². The lowest BCUT2D eigenvalue weighted by atomic mass is 10.1. The first-order valence-corrected chi connectivity index (χ1v) is 16.2. The molecule has 7 aromatic carbocycles. The first kappa shape index (κ1) is 26.3. The van der Waals surface area contributed by atoms with Crippen LogP contribution in [-0.2, 0) is 0 Å². The van der Waals surface area contributed by atoms with Crippen LogP contribution in [0.2, 0.25) is 0 Å². The van der Waals surface area contributed by atoms with E-state index < -0.39 is 0 Å². The lowest BCUT2D eigenvalue weighted by molar-refractivity contribution is 0.619. The van der Waals surface area contributed by atoms with Gasteiger partial charge in [0.25, 0.3) is 0 Å². The topological polar surface area (TPSA) is 68.7 Å². The van der Waals surface area contributed by atoms with Crippen LogP contribution >= 0.6 is 0 Å². The minimum Gasteiger partial charge on any atom is -0.456 e. The molecule has 0 bridgehead atoms. The summed E-state index contributed by atoms with van der Waals surface area (Å²) in [4.78, 5) is 7.25. The minimum atomic E-state index is 0.556. The molecule has 49 heavy (non-hydrogen) atoms. The van der Waals surface area contributed by atoms with Gasteiger partial charge < -0.3 is 22.6 Å². The highest BCUT2D eigenvalue weighted by molar-refractivity contribution is 6.21. The summed E-state index contributed by atoms with van der Waals surface area (Å²) in [6.07, 6.45) is 0. The standard InChI is InChI=1S/C43H24N2O4/c1-2-10-25(11-3-1)43-44-41-39(49-43)24-33(42-40(41)31-14-6-9-17-36(31)48-42)45(26-19-21-37-32(22-26)29-13-5-8-16-35(29)46-37)27-18-20-30-28-12-4-7-15-34(28)47-38(30)23-27/h1-24H. The maximum Gasteiger partial charge on any atom is 0.227 e. The van der Waals surface area contributed by atoms with Crippen LogP contribution in [0.1, 0.15) is 0 Å². The minimum absolute atomic E-state index is 0.556. The molecule has 230 valence electrons. The molecule has 0 N–H and O–H groups in total. The summed E-state index contributed by atoms with van der Waals surface area (Å²) < 4.78 is 25.9. The third-order valence-electron chi connectivity index (χ3n) is 9.49. The first-order valence-electron chi connectivity index (χ1n) is 16.2. The van der Waals surface area contributed by atoms with Crippen molar-refractivity contribution >= 4 is 94.0 Å². The number of benzene rings is 7. The molecule has 6 heteroatoms. The van der Waals surface area contributed by atoms with Crippen LogP contribution in [0.15, 0.2) is 163 Å². The monoisotopic (exact) mass is 632 g/mol. The van der Waals surface area contributed by atoms with E-state index in [2.05, 4.69) is 53.4 Å². The number of nitrogens with zero attached hydrogens (tertiary/aromatic N) is 2. The van der Waals surface area contributed by atoms with E-state index in [4.69, 9.17) is 22.7 Å². The van der Waals surface area contributed by atoms with E-state index in [9.17, 15) is 0 Å². The number of anilines is 3. The van der Waals surface area contributed by atoms with Gasteiger partial charge in [-0.25, -0.2) is 4.98 Å². The number of hydrogen-bond acceptors (Lipinski definition) is 6. The Bertz CT molecular complexity index is 3070. The van der Waals surface area contributed by atoms with Crippen LogP contribution in [-0.4, -0.2) is 4.98 Å². The largest absolute Gasteiger partial charge is 0.456 e. The molecule has 0 unspecified atom stereocenters. The number of para-hydroxylation sites is 3. The summed E-state index contributed by atoms with van der Waals surface area (Å²) in [5.41, 5.74) is 9.79. The molecule has 0 aliphatic carbocycles. The summed E-state index contributed by atoms with van der Waals surface area (Å²) in [6, 6.07) is 49.1. The number of rotatable bonds is 4. The molecule has 6 nitrogen and oxygen atoms in total. The van der Waals surface area contributed by atoms with Gasteiger partial charge in [0.2, 0.25) is 5.89 Å². The number of furan rings is 3. The summed E-state index contributed by atoms with van der Waals surface area (Å²) in [5, 5.41) is 6.09. The highest BCUT2D eigenvalue weighted by Crippen LogP contribution is 2.47. The van der Waals surface area contributed by atoms with E-state index in [1.807, 2.05) is 97.1 Å². The molecule has 0 fully saturated rings. The lowest BCUT2D eigenvalue weighted by Crippen LogP contribution is -2.10. The Hall–Kier alpha value is -6.79. The van der Waals surface area contributed by atoms with Gasteiger partial charge in [-0.3, -0.25) is 0 Å². The van der Waals surface area contributed by atoms with Gasteiger partial charge in [-0.1, -0.05) is 72.8 Å². The average molecular weight is 633 g/mol. The maximum absolute atomic E-state index is 6.74. The van der Waals surface area contributed by atoms with Gasteiger partial charge >= 0.3 is 0 Å². The number of aromatic nitrogens is 1. The summed E-state index contributed by atoms with van der Waals surface area (Å²) in [7, 11) is 0. The van der Waals surface area contributed by atoms with Crippen molar-refractivity contribution in [2.75, 3.05) is 4.90 Å². The van der Waals surface area contributed by atoms with Crippen LogP contribution < -0.4 is 4.90 Å². The second kappa shape index (κ2) is 9.86. The van der Waals surface area contributed by atoms with Crippen molar-refractivity contribution in [2.45, 2.75) is 0 Å². The highest BCUT2D eigenvalue weighted by Gasteiger charge is 2.26. The Morgan fingerprint density at radius 1 is 0.408 bits per heavy atom. The van der Waals surface area contributed by atoms with E-state index in [-0.39, 0.29) is 0 Å². The van der Waals surface area contributed by atoms with Crippen molar-refractivity contribution in [1.82, 2.24) is 4.98 Å². The molecular weight excluding hydrogens is 608 g/mol.